The topological polar surface area (TPSA) is 3.24 Å². The quantitative estimate of drug-likeness (QED) is 0.551. The molecule has 0 fully saturated rings. The molecule has 0 aliphatic heterocycles. The van der Waals surface area contributed by atoms with Gasteiger partial charge in [-0.3, -0.25) is 4.39 Å². The Morgan fingerprint density at radius 1 is 1.22 bits per heavy atom. The smallest absolute Gasteiger partial charge is 0.0906 e. The molecule has 0 aromatic rings. The second kappa shape index (κ2) is 6.02. The molecule has 9 heavy (non-hydrogen) atoms. The molecule has 0 saturated heterocycles. The first-order chi connectivity index (χ1) is 4.35. The van der Waals surface area contributed by atoms with Gasteiger partial charge in [-0.05, 0) is 19.5 Å². The third-order valence-corrected chi connectivity index (χ3v) is 1.50. The molecular formula is C7H16FN. The van der Waals surface area contributed by atoms with E-state index >= 15 is 0 Å². The number of alkyl halides is 1. The number of halogens is 1. The molecule has 0 bridgehead atoms. The predicted octanol–water partition coefficient (Wildman–Crippen LogP) is 1.69. The Kier molecular flexibility index (Phi) is 5.94. The van der Waals surface area contributed by atoms with Crippen LogP contribution in [0.25, 0.3) is 0 Å². The monoisotopic (exact) mass is 133 g/mol. The Labute approximate surface area is 56.9 Å². The fourth-order valence-corrected chi connectivity index (χ4v) is 0.823. The van der Waals surface area contributed by atoms with Crippen molar-refractivity contribution in [2.24, 2.45) is 0 Å². The van der Waals surface area contributed by atoms with Crippen LogP contribution in [0.1, 0.15) is 20.3 Å². The summed E-state index contributed by atoms with van der Waals surface area (Å²) in [5.41, 5.74) is 0. The maximum atomic E-state index is 11.6. The first-order valence-electron chi connectivity index (χ1n) is 3.63. The maximum Gasteiger partial charge on any atom is 0.0906 e. The van der Waals surface area contributed by atoms with Gasteiger partial charge in [-0.2, -0.15) is 0 Å². The molecule has 0 rings (SSSR count). The van der Waals surface area contributed by atoms with Crippen LogP contribution in [0.5, 0.6) is 0 Å². The average molecular weight is 133 g/mol. The molecule has 0 saturated carbocycles. The molecule has 0 atom stereocenters. The Hall–Kier alpha value is -0.110. The molecular weight excluding hydrogens is 117 g/mol. The summed E-state index contributed by atoms with van der Waals surface area (Å²) in [6.07, 6.45) is 0.682. The van der Waals surface area contributed by atoms with Gasteiger partial charge < -0.3 is 4.90 Å². The van der Waals surface area contributed by atoms with Crippen molar-refractivity contribution in [2.75, 3.05) is 26.3 Å². The largest absolute Gasteiger partial charge is 0.304 e. The molecule has 0 aromatic carbocycles. The normalized spacial score (nSPS) is 10.7. The van der Waals surface area contributed by atoms with E-state index in [1.54, 1.807) is 0 Å². The van der Waals surface area contributed by atoms with Crippen molar-refractivity contribution >= 4 is 0 Å². The number of hydrogen-bond acceptors (Lipinski definition) is 1. The van der Waals surface area contributed by atoms with Gasteiger partial charge in [-0.15, -0.1) is 0 Å². The molecule has 2 heteroatoms. The van der Waals surface area contributed by atoms with Gasteiger partial charge in [-0.25, -0.2) is 0 Å². The zero-order valence-corrected chi connectivity index (χ0v) is 6.36. The van der Waals surface area contributed by atoms with Crippen LogP contribution in [0.3, 0.4) is 0 Å². The van der Waals surface area contributed by atoms with Gasteiger partial charge in [0.1, 0.15) is 0 Å². The molecule has 0 spiro atoms. The third kappa shape index (κ3) is 4.40. The van der Waals surface area contributed by atoms with Crippen molar-refractivity contribution in [3.8, 4) is 0 Å². The van der Waals surface area contributed by atoms with E-state index in [0.29, 0.717) is 6.42 Å². The van der Waals surface area contributed by atoms with E-state index in [0.717, 1.165) is 19.6 Å². The zero-order chi connectivity index (χ0) is 7.11. The highest BCUT2D eigenvalue weighted by Crippen LogP contribution is 1.89. The SMILES string of the molecule is CCN(CC)CCCF. The van der Waals surface area contributed by atoms with Crippen LogP contribution in [0.2, 0.25) is 0 Å². The number of hydrogen-bond donors (Lipinski definition) is 0. The van der Waals surface area contributed by atoms with E-state index in [-0.39, 0.29) is 6.67 Å². The van der Waals surface area contributed by atoms with Crippen LogP contribution in [-0.2, 0) is 0 Å². The lowest BCUT2D eigenvalue weighted by Crippen LogP contribution is -2.24. The minimum absolute atomic E-state index is 0.184. The first kappa shape index (κ1) is 8.89. The molecule has 0 aliphatic carbocycles. The van der Waals surface area contributed by atoms with Gasteiger partial charge >= 0.3 is 0 Å². The Bertz CT molecular complexity index is 52.9. The fourth-order valence-electron chi connectivity index (χ4n) is 0.823. The molecule has 1 nitrogen and oxygen atoms in total. The number of rotatable bonds is 5. The van der Waals surface area contributed by atoms with Gasteiger partial charge in [0.05, 0.1) is 6.67 Å². The van der Waals surface area contributed by atoms with Crippen molar-refractivity contribution in [1.82, 2.24) is 4.90 Å². The van der Waals surface area contributed by atoms with Crippen molar-refractivity contribution in [2.45, 2.75) is 20.3 Å². The van der Waals surface area contributed by atoms with E-state index in [4.69, 9.17) is 0 Å². The summed E-state index contributed by atoms with van der Waals surface area (Å²) in [5, 5.41) is 0. The summed E-state index contributed by atoms with van der Waals surface area (Å²) in [6.45, 7) is 7.00. The lowest BCUT2D eigenvalue weighted by molar-refractivity contribution is 0.284. The Morgan fingerprint density at radius 2 is 1.78 bits per heavy atom. The van der Waals surface area contributed by atoms with Crippen LogP contribution in [0.4, 0.5) is 4.39 Å². The molecule has 0 amide bonds. The average Bonchev–Trinajstić information content (AvgIpc) is 1.91. The summed E-state index contributed by atoms with van der Waals surface area (Å²) in [7, 11) is 0. The standard InChI is InChI=1S/C7H16FN/c1-3-9(4-2)7-5-6-8/h3-7H2,1-2H3. The van der Waals surface area contributed by atoms with E-state index in [1.165, 1.54) is 0 Å². The lowest BCUT2D eigenvalue weighted by atomic mass is 10.4. The predicted molar refractivity (Wildman–Crippen MR) is 38.4 cm³/mol. The third-order valence-electron chi connectivity index (χ3n) is 1.50. The first-order valence-corrected chi connectivity index (χ1v) is 3.63. The minimum Gasteiger partial charge on any atom is -0.304 e. The molecule has 0 N–H and O–H groups in total. The highest BCUT2D eigenvalue weighted by atomic mass is 19.1. The summed E-state index contributed by atoms with van der Waals surface area (Å²) in [6, 6.07) is 0. The second-order valence-electron chi connectivity index (χ2n) is 2.07. The van der Waals surface area contributed by atoms with Gasteiger partial charge in [0.15, 0.2) is 0 Å². The fraction of sp³-hybridized carbons (Fsp3) is 1.00. The van der Waals surface area contributed by atoms with Crippen LogP contribution < -0.4 is 0 Å². The summed E-state index contributed by atoms with van der Waals surface area (Å²) >= 11 is 0. The van der Waals surface area contributed by atoms with Crippen molar-refractivity contribution in [1.29, 1.82) is 0 Å². The van der Waals surface area contributed by atoms with Crippen molar-refractivity contribution in [3.63, 3.8) is 0 Å². The Morgan fingerprint density at radius 3 is 2.11 bits per heavy atom. The summed E-state index contributed by atoms with van der Waals surface area (Å²) in [5.74, 6) is 0. The summed E-state index contributed by atoms with van der Waals surface area (Å²) < 4.78 is 11.6. The molecule has 0 aliphatic rings. The molecule has 0 heterocycles. The van der Waals surface area contributed by atoms with E-state index in [1.807, 2.05) is 0 Å². The van der Waals surface area contributed by atoms with Crippen LogP contribution in [0.15, 0.2) is 0 Å². The maximum absolute atomic E-state index is 11.6. The van der Waals surface area contributed by atoms with E-state index < -0.39 is 0 Å². The van der Waals surface area contributed by atoms with Gasteiger partial charge in [0, 0.05) is 6.54 Å². The molecule has 0 aromatic heterocycles. The molecule has 56 valence electrons. The van der Waals surface area contributed by atoms with E-state index in [9.17, 15) is 4.39 Å². The second-order valence-corrected chi connectivity index (χ2v) is 2.07. The molecule has 0 radical (unpaired) electrons. The zero-order valence-electron chi connectivity index (χ0n) is 6.36. The van der Waals surface area contributed by atoms with Gasteiger partial charge in [-0.1, -0.05) is 13.8 Å². The summed E-state index contributed by atoms with van der Waals surface area (Å²) in [4.78, 5) is 2.22. The lowest BCUT2D eigenvalue weighted by Gasteiger charge is -2.16. The number of nitrogens with zero attached hydrogens (tertiary/aromatic N) is 1. The Balaban J connectivity index is 3.09. The van der Waals surface area contributed by atoms with E-state index in [2.05, 4.69) is 18.7 Å². The van der Waals surface area contributed by atoms with Gasteiger partial charge in [0.25, 0.3) is 0 Å². The van der Waals surface area contributed by atoms with Crippen molar-refractivity contribution < 1.29 is 4.39 Å². The highest BCUT2D eigenvalue weighted by Gasteiger charge is 1.95. The highest BCUT2D eigenvalue weighted by molar-refractivity contribution is 4.50. The van der Waals surface area contributed by atoms with Crippen LogP contribution in [0, 0.1) is 0 Å². The van der Waals surface area contributed by atoms with Crippen LogP contribution in [-0.4, -0.2) is 31.2 Å². The van der Waals surface area contributed by atoms with Crippen LogP contribution >= 0.6 is 0 Å². The van der Waals surface area contributed by atoms with Gasteiger partial charge in [0.2, 0.25) is 0 Å². The van der Waals surface area contributed by atoms with Crippen molar-refractivity contribution in [3.05, 3.63) is 0 Å². The minimum atomic E-state index is -0.184. The molecule has 0 unspecified atom stereocenters.